The van der Waals surface area contributed by atoms with Crippen LogP contribution in [0.5, 0.6) is 11.5 Å². The Kier molecular flexibility index (Phi) is 8.16. The molecule has 0 aliphatic carbocycles. The first-order valence-corrected chi connectivity index (χ1v) is 12.5. The molecule has 8 heteroatoms. The SMILES string of the molecule is Cc1ccccc1OCC(=O)N1CCC2(CC1)C[C@@H](O)[C@@H](O)Cc1ccccc1OCC(=O)N(C)C2. The normalized spacial score (nSPS) is 22.7. The number of hydrogen-bond donors (Lipinski definition) is 2. The Hall–Kier alpha value is -3.10. The topological polar surface area (TPSA) is 99.5 Å². The van der Waals surface area contributed by atoms with E-state index in [0.29, 0.717) is 50.4 Å². The first-order valence-electron chi connectivity index (χ1n) is 12.5. The average molecular weight is 497 g/mol. The number of aryl methyl sites for hydroxylation is 1. The van der Waals surface area contributed by atoms with Crippen molar-refractivity contribution in [3.8, 4) is 11.5 Å². The summed E-state index contributed by atoms with van der Waals surface area (Å²) in [5, 5.41) is 21.8. The highest BCUT2D eigenvalue weighted by molar-refractivity contribution is 5.78. The Morgan fingerprint density at radius 2 is 1.78 bits per heavy atom. The molecule has 1 saturated heterocycles. The third-order valence-corrected chi connectivity index (χ3v) is 7.46. The van der Waals surface area contributed by atoms with Crippen molar-refractivity contribution in [2.75, 3.05) is 39.9 Å². The zero-order valence-electron chi connectivity index (χ0n) is 21.1. The van der Waals surface area contributed by atoms with Gasteiger partial charge in [-0.25, -0.2) is 0 Å². The number of ether oxygens (including phenoxy) is 2. The van der Waals surface area contributed by atoms with E-state index in [4.69, 9.17) is 9.47 Å². The first kappa shape index (κ1) is 26.0. The molecule has 0 aromatic heterocycles. The van der Waals surface area contributed by atoms with Crippen LogP contribution in [0.15, 0.2) is 48.5 Å². The maximum Gasteiger partial charge on any atom is 0.260 e. The second kappa shape index (κ2) is 11.3. The number of likely N-dealkylation sites (N-methyl/N-ethyl adjacent to an activating group) is 1. The third-order valence-electron chi connectivity index (χ3n) is 7.46. The molecule has 194 valence electrons. The Morgan fingerprint density at radius 3 is 2.53 bits per heavy atom. The van der Waals surface area contributed by atoms with E-state index >= 15 is 0 Å². The first-order chi connectivity index (χ1) is 17.3. The fourth-order valence-electron chi connectivity index (χ4n) is 5.20. The molecule has 2 heterocycles. The molecule has 4 rings (SSSR count). The second-order valence-corrected chi connectivity index (χ2v) is 10.1. The lowest BCUT2D eigenvalue weighted by Gasteiger charge is -2.45. The van der Waals surface area contributed by atoms with Gasteiger partial charge < -0.3 is 29.5 Å². The molecule has 1 spiro atoms. The highest BCUT2D eigenvalue weighted by atomic mass is 16.5. The fraction of sp³-hybridized carbons (Fsp3) is 0.500. The molecule has 2 atom stereocenters. The van der Waals surface area contributed by atoms with Crippen LogP contribution in [-0.2, 0) is 16.0 Å². The largest absolute Gasteiger partial charge is 0.484 e. The summed E-state index contributed by atoms with van der Waals surface area (Å²) in [5.41, 5.74) is 1.31. The highest BCUT2D eigenvalue weighted by Gasteiger charge is 2.41. The molecule has 0 bridgehead atoms. The highest BCUT2D eigenvalue weighted by Crippen LogP contribution is 2.38. The molecule has 0 radical (unpaired) electrons. The van der Waals surface area contributed by atoms with E-state index in [0.717, 1.165) is 11.1 Å². The van der Waals surface area contributed by atoms with Crippen molar-refractivity contribution in [2.45, 2.75) is 44.8 Å². The van der Waals surface area contributed by atoms with Crippen LogP contribution in [0.4, 0.5) is 0 Å². The van der Waals surface area contributed by atoms with Crippen LogP contribution in [-0.4, -0.2) is 83.9 Å². The molecule has 2 aliphatic rings. The van der Waals surface area contributed by atoms with Crippen molar-refractivity contribution < 1.29 is 29.3 Å². The minimum absolute atomic E-state index is 0.0334. The summed E-state index contributed by atoms with van der Waals surface area (Å²) >= 11 is 0. The summed E-state index contributed by atoms with van der Waals surface area (Å²) < 4.78 is 11.5. The van der Waals surface area contributed by atoms with Gasteiger partial charge in [-0.1, -0.05) is 36.4 Å². The summed E-state index contributed by atoms with van der Waals surface area (Å²) in [6.45, 7) is 3.23. The van der Waals surface area contributed by atoms with E-state index in [9.17, 15) is 19.8 Å². The number of carbonyl (C=O) groups excluding carboxylic acids is 2. The number of benzene rings is 2. The van der Waals surface area contributed by atoms with Gasteiger partial charge in [0.25, 0.3) is 11.8 Å². The molecule has 2 aromatic rings. The number of hydrogen-bond acceptors (Lipinski definition) is 6. The molecular formula is C28H36N2O6. The number of aliphatic hydroxyl groups excluding tert-OH is 2. The van der Waals surface area contributed by atoms with Gasteiger partial charge in [-0.15, -0.1) is 0 Å². The number of amides is 2. The van der Waals surface area contributed by atoms with E-state index in [1.807, 2.05) is 49.4 Å². The molecule has 8 nitrogen and oxygen atoms in total. The molecule has 0 unspecified atom stereocenters. The Morgan fingerprint density at radius 1 is 1.08 bits per heavy atom. The lowest BCUT2D eigenvalue weighted by atomic mass is 9.72. The van der Waals surface area contributed by atoms with Gasteiger partial charge in [0.15, 0.2) is 13.2 Å². The maximum absolute atomic E-state index is 12.8. The van der Waals surface area contributed by atoms with Crippen LogP contribution < -0.4 is 9.47 Å². The zero-order valence-corrected chi connectivity index (χ0v) is 21.1. The molecule has 2 aromatic carbocycles. The van der Waals surface area contributed by atoms with Gasteiger partial charge in [-0.2, -0.15) is 0 Å². The van der Waals surface area contributed by atoms with Crippen LogP contribution in [0.25, 0.3) is 0 Å². The van der Waals surface area contributed by atoms with Crippen LogP contribution in [0.3, 0.4) is 0 Å². The van der Waals surface area contributed by atoms with Crippen molar-refractivity contribution in [3.63, 3.8) is 0 Å². The minimum atomic E-state index is -0.965. The van der Waals surface area contributed by atoms with Crippen LogP contribution in [0.1, 0.15) is 30.4 Å². The monoisotopic (exact) mass is 496 g/mol. The molecule has 0 saturated carbocycles. The van der Waals surface area contributed by atoms with Gasteiger partial charge in [-0.3, -0.25) is 9.59 Å². The fourth-order valence-corrected chi connectivity index (χ4v) is 5.20. The van der Waals surface area contributed by atoms with Gasteiger partial charge in [0.2, 0.25) is 0 Å². The number of piperidine rings is 1. The van der Waals surface area contributed by atoms with E-state index in [1.165, 1.54) is 0 Å². The van der Waals surface area contributed by atoms with Crippen LogP contribution in [0.2, 0.25) is 0 Å². The quantitative estimate of drug-likeness (QED) is 0.676. The molecule has 2 amide bonds. The van der Waals surface area contributed by atoms with E-state index in [-0.39, 0.29) is 31.4 Å². The Labute approximate surface area is 212 Å². The van der Waals surface area contributed by atoms with E-state index < -0.39 is 17.6 Å². The molecule has 2 N–H and O–H groups in total. The number of fused-ring (bicyclic) bond motifs is 1. The van der Waals surface area contributed by atoms with Crippen molar-refractivity contribution in [1.82, 2.24) is 9.80 Å². The second-order valence-electron chi connectivity index (χ2n) is 10.1. The van der Waals surface area contributed by atoms with Crippen molar-refractivity contribution in [2.24, 2.45) is 5.41 Å². The number of nitrogens with zero attached hydrogens (tertiary/aromatic N) is 2. The third kappa shape index (κ3) is 6.17. The van der Waals surface area contributed by atoms with Gasteiger partial charge >= 0.3 is 0 Å². The number of para-hydroxylation sites is 2. The average Bonchev–Trinajstić information content (AvgIpc) is 2.87. The minimum Gasteiger partial charge on any atom is -0.484 e. The van der Waals surface area contributed by atoms with Crippen LogP contribution >= 0.6 is 0 Å². The lowest BCUT2D eigenvalue weighted by Crippen LogP contribution is -2.51. The zero-order chi connectivity index (χ0) is 25.7. The number of rotatable bonds is 3. The molecular weight excluding hydrogens is 460 g/mol. The molecule has 1 fully saturated rings. The van der Waals surface area contributed by atoms with Crippen molar-refractivity contribution in [1.29, 1.82) is 0 Å². The summed E-state index contributed by atoms with van der Waals surface area (Å²) in [5.74, 6) is 1.00. The summed E-state index contributed by atoms with van der Waals surface area (Å²) in [6.07, 6.45) is -0.125. The van der Waals surface area contributed by atoms with Gasteiger partial charge in [0, 0.05) is 33.1 Å². The maximum atomic E-state index is 12.8. The van der Waals surface area contributed by atoms with Gasteiger partial charge in [0.05, 0.1) is 12.2 Å². The number of aliphatic hydroxyl groups is 2. The van der Waals surface area contributed by atoms with Crippen molar-refractivity contribution >= 4 is 11.8 Å². The lowest BCUT2D eigenvalue weighted by molar-refractivity contribution is -0.140. The van der Waals surface area contributed by atoms with E-state index in [1.54, 1.807) is 22.9 Å². The van der Waals surface area contributed by atoms with E-state index in [2.05, 4.69) is 0 Å². The molecule has 36 heavy (non-hydrogen) atoms. The number of carbonyl (C=O) groups is 2. The summed E-state index contributed by atoms with van der Waals surface area (Å²) in [6, 6.07) is 14.9. The Balaban J connectivity index is 1.43. The predicted molar refractivity (Wildman–Crippen MR) is 135 cm³/mol. The smallest absolute Gasteiger partial charge is 0.260 e. The molecule has 2 aliphatic heterocycles. The summed E-state index contributed by atoms with van der Waals surface area (Å²) in [4.78, 5) is 29.1. The number of likely N-dealkylation sites (tertiary alicyclic amines) is 1. The summed E-state index contributed by atoms with van der Waals surface area (Å²) in [7, 11) is 1.74. The van der Waals surface area contributed by atoms with Crippen molar-refractivity contribution in [3.05, 3.63) is 59.7 Å². The standard InChI is InChI=1S/C28H36N2O6/c1-20-7-3-5-9-24(20)35-18-27(34)30-13-11-28(12-14-30)16-23(32)22(31)15-21-8-4-6-10-25(21)36-17-26(33)29(2)19-28/h3-10,22-23,31-32H,11-19H2,1-2H3/t22-,23+/m0/s1. The van der Waals surface area contributed by atoms with Crippen LogP contribution in [0, 0.1) is 12.3 Å². The predicted octanol–water partition coefficient (Wildman–Crippen LogP) is 2.19. The van der Waals surface area contributed by atoms with Gasteiger partial charge in [-0.05, 0) is 54.9 Å². The Bertz CT molecular complexity index is 1070. The van der Waals surface area contributed by atoms with Gasteiger partial charge in [0.1, 0.15) is 11.5 Å².